The van der Waals surface area contributed by atoms with Crippen molar-refractivity contribution >= 4 is 5.96 Å². The van der Waals surface area contributed by atoms with Crippen LogP contribution in [-0.4, -0.2) is 32.3 Å². The maximum absolute atomic E-state index is 5.46. The number of hydrogen-bond acceptors (Lipinski definition) is 3. The Bertz CT molecular complexity index is 253. The first-order valence-corrected chi connectivity index (χ1v) is 6.34. The summed E-state index contributed by atoms with van der Waals surface area (Å²) in [5.41, 5.74) is 3.07. The number of guanidine groups is 1. The summed E-state index contributed by atoms with van der Waals surface area (Å²) in [6, 6.07) is 0.488. The van der Waals surface area contributed by atoms with Crippen LogP contribution in [0.15, 0.2) is 4.99 Å². The first-order valence-electron chi connectivity index (χ1n) is 6.34. The molecule has 1 unspecified atom stereocenters. The summed E-state index contributed by atoms with van der Waals surface area (Å²) in [5, 5.41) is 3.37. The molecule has 1 fully saturated rings. The van der Waals surface area contributed by atoms with E-state index in [1.54, 1.807) is 7.11 Å². The molecule has 100 valence electrons. The minimum Gasteiger partial charge on any atom is -0.385 e. The molecule has 0 radical (unpaired) electrons. The van der Waals surface area contributed by atoms with Gasteiger partial charge in [-0.3, -0.25) is 10.4 Å². The third-order valence-electron chi connectivity index (χ3n) is 3.22. The molecular formula is C12H26N4O. The smallest absolute Gasteiger partial charge is 0.205 e. The van der Waals surface area contributed by atoms with Crippen molar-refractivity contribution in [1.82, 2.24) is 10.7 Å². The lowest BCUT2D eigenvalue weighted by Gasteiger charge is -2.19. The second-order valence-corrected chi connectivity index (χ2v) is 5.47. The van der Waals surface area contributed by atoms with Crippen molar-refractivity contribution in [2.24, 2.45) is 16.3 Å². The van der Waals surface area contributed by atoms with Crippen LogP contribution in [-0.2, 0) is 4.74 Å². The van der Waals surface area contributed by atoms with Crippen LogP contribution in [0, 0.1) is 5.41 Å². The predicted octanol–water partition coefficient (Wildman–Crippen LogP) is 1.01. The fourth-order valence-corrected chi connectivity index (χ4v) is 2.29. The standard InChI is InChI=1S/C12H26N4O/c1-12(2)6-5-10(9-12)15-11(16-13)14-7-4-8-17-3/h10H,4-9,13H2,1-3H3,(H2,14,15,16). The molecule has 1 aliphatic carbocycles. The molecule has 0 saturated heterocycles. The molecule has 5 nitrogen and oxygen atoms in total. The van der Waals surface area contributed by atoms with Crippen molar-refractivity contribution in [1.29, 1.82) is 0 Å². The molecule has 4 N–H and O–H groups in total. The van der Waals surface area contributed by atoms with E-state index in [-0.39, 0.29) is 0 Å². The number of nitrogens with zero attached hydrogens (tertiary/aromatic N) is 1. The lowest BCUT2D eigenvalue weighted by molar-refractivity contribution is 0.197. The van der Waals surface area contributed by atoms with Gasteiger partial charge in [-0.1, -0.05) is 13.8 Å². The van der Waals surface area contributed by atoms with E-state index in [1.807, 2.05) is 0 Å². The highest BCUT2D eigenvalue weighted by atomic mass is 16.5. The normalized spacial score (nSPS) is 23.8. The highest BCUT2D eigenvalue weighted by Gasteiger charge is 2.31. The third-order valence-corrected chi connectivity index (χ3v) is 3.22. The second-order valence-electron chi connectivity index (χ2n) is 5.47. The van der Waals surface area contributed by atoms with Crippen molar-refractivity contribution in [3.05, 3.63) is 0 Å². The van der Waals surface area contributed by atoms with Gasteiger partial charge in [0.05, 0.1) is 0 Å². The minimum atomic E-state index is 0.438. The Morgan fingerprint density at radius 3 is 2.82 bits per heavy atom. The van der Waals surface area contributed by atoms with Crippen LogP contribution in [0.3, 0.4) is 0 Å². The minimum absolute atomic E-state index is 0.438. The Kier molecular flexibility index (Phi) is 5.71. The maximum Gasteiger partial charge on any atom is 0.205 e. The van der Waals surface area contributed by atoms with E-state index in [9.17, 15) is 0 Å². The monoisotopic (exact) mass is 242 g/mol. The van der Waals surface area contributed by atoms with Gasteiger partial charge in [-0.15, -0.1) is 0 Å². The van der Waals surface area contributed by atoms with Crippen LogP contribution in [0.25, 0.3) is 0 Å². The Morgan fingerprint density at radius 1 is 1.53 bits per heavy atom. The third kappa shape index (κ3) is 5.37. The Hall–Kier alpha value is -0.810. The van der Waals surface area contributed by atoms with E-state index in [2.05, 4.69) is 29.6 Å². The van der Waals surface area contributed by atoms with Crippen LogP contribution in [0.2, 0.25) is 0 Å². The Labute approximate surface area is 104 Å². The molecule has 0 aromatic rings. The van der Waals surface area contributed by atoms with Crippen molar-refractivity contribution in [2.45, 2.75) is 45.6 Å². The van der Waals surface area contributed by atoms with Gasteiger partial charge in [0.15, 0.2) is 0 Å². The summed E-state index contributed by atoms with van der Waals surface area (Å²) in [7, 11) is 1.70. The molecule has 0 aromatic carbocycles. The maximum atomic E-state index is 5.46. The van der Waals surface area contributed by atoms with Gasteiger partial charge < -0.3 is 10.1 Å². The Balaban J connectivity index is 2.31. The number of aliphatic imine (C=N–C) groups is 1. The molecule has 1 aliphatic rings. The number of nitrogens with two attached hydrogens (primary N) is 1. The molecule has 1 saturated carbocycles. The zero-order valence-electron chi connectivity index (χ0n) is 11.3. The quantitative estimate of drug-likeness (QED) is 0.221. The van der Waals surface area contributed by atoms with Crippen LogP contribution in [0.4, 0.5) is 0 Å². The fourth-order valence-electron chi connectivity index (χ4n) is 2.29. The first-order chi connectivity index (χ1) is 8.07. The lowest BCUT2D eigenvalue weighted by Crippen LogP contribution is -2.46. The summed E-state index contributed by atoms with van der Waals surface area (Å²) in [5.74, 6) is 6.16. The topological polar surface area (TPSA) is 71.7 Å². The number of hydrazine groups is 1. The number of methoxy groups -OCH3 is 1. The lowest BCUT2D eigenvalue weighted by atomic mass is 9.92. The molecule has 1 rings (SSSR count). The van der Waals surface area contributed by atoms with Crippen LogP contribution in [0.5, 0.6) is 0 Å². The molecule has 5 heteroatoms. The highest BCUT2D eigenvalue weighted by Crippen LogP contribution is 2.36. The van der Waals surface area contributed by atoms with E-state index in [1.165, 1.54) is 19.3 Å². The van der Waals surface area contributed by atoms with E-state index in [4.69, 9.17) is 10.6 Å². The molecular weight excluding hydrogens is 216 g/mol. The molecule has 0 aromatic heterocycles. The number of ether oxygens (including phenoxy) is 1. The van der Waals surface area contributed by atoms with Crippen molar-refractivity contribution in [3.63, 3.8) is 0 Å². The predicted molar refractivity (Wildman–Crippen MR) is 70.7 cm³/mol. The molecule has 0 amide bonds. The molecule has 0 aliphatic heterocycles. The molecule has 0 spiro atoms. The van der Waals surface area contributed by atoms with E-state index >= 15 is 0 Å². The van der Waals surface area contributed by atoms with Gasteiger partial charge in [0, 0.05) is 26.3 Å². The summed E-state index contributed by atoms with van der Waals surface area (Å²) in [6.07, 6.45) is 4.53. The zero-order valence-corrected chi connectivity index (χ0v) is 11.3. The molecule has 0 bridgehead atoms. The van der Waals surface area contributed by atoms with Crippen LogP contribution < -0.4 is 16.6 Å². The van der Waals surface area contributed by atoms with Gasteiger partial charge in [0.25, 0.3) is 0 Å². The zero-order chi connectivity index (χ0) is 12.7. The summed E-state index contributed by atoms with van der Waals surface area (Å²) < 4.78 is 4.98. The van der Waals surface area contributed by atoms with Crippen LogP contribution >= 0.6 is 0 Å². The van der Waals surface area contributed by atoms with Gasteiger partial charge in [-0.05, 0) is 31.1 Å². The van der Waals surface area contributed by atoms with E-state index < -0.39 is 0 Å². The molecule has 17 heavy (non-hydrogen) atoms. The van der Waals surface area contributed by atoms with Crippen molar-refractivity contribution < 1.29 is 4.74 Å². The van der Waals surface area contributed by atoms with Gasteiger partial charge in [-0.25, -0.2) is 5.84 Å². The largest absolute Gasteiger partial charge is 0.385 e. The summed E-state index contributed by atoms with van der Waals surface area (Å²) in [6.45, 7) is 6.08. The fraction of sp³-hybridized carbons (Fsp3) is 0.917. The number of nitrogens with one attached hydrogen (secondary N) is 2. The van der Waals surface area contributed by atoms with E-state index in [0.29, 0.717) is 17.4 Å². The summed E-state index contributed by atoms with van der Waals surface area (Å²) in [4.78, 5) is 4.38. The van der Waals surface area contributed by atoms with Gasteiger partial charge in [0.1, 0.15) is 0 Å². The van der Waals surface area contributed by atoms with Gasteiger partial charge in [0.2, 0.25) is 5.96 Å². The molecule has 1 atom stereocenters. The molecule has 0 heterocycles. The highest BCUT2D eigenvalue weighted by molar-refractivity contribution is 5.79. The second kappa shape index (κ2) is 6.81. The first kappa shape index (κ1) is 14.3. The Morgan fingerprint density at radius 2 is 2.29 bits per heavy atom. The van der Waals surface area contributed by atoms with Gasteiger partial charge in [-0.2, -0.15) is 0 Å². The van der Waals surface area contributed by atoms with Crippen molar-refractivity contribution in [3.8, 4) is 0 Å². The number of rotatable bonds is 5. The summed E-state index contributed by atoms with van der Waals surface area (Å²) >= 11 is 0. The van der Waals surface area contributed by atoms with Gasteiger partial charge >= 0.3 is 0 Å². The van der Waals surface area contributed by atoms with Crippen molar-refractivity contribution in [2.75, 3.05) is 20.3 Å². The van der Waals surface area contributed by atoms with Crippen LogP contribution in [0.1, 0.15) is 39.5 Å². The number of hydrogen-bond donors (Lipinski definition) is 3. The average molecular weight is 242 g/mol. The van der Waals surface area contributed by atoms with E-state index in [0.717, 1.165) is 19.6 Å². The SMILES string of the molecule is COCCCN=C(NN)NC1CCC(C)(C)C1. The average Bonchev–Trinajstić information content (AvgIpc) is 2.62.